The number of phenolic OH excluding ortho intramolecular Hbond substituents is 4. The molecule has 0 unspecified atom stereocenters. The predicted molar refractivity (Wildman–Crippen MR) is 519 cm³/mol. The largest absolute Gasteiger partial charge is 0.502 e. The van der Waals surface area contributed by atoms with Gasteiger partial charge >= 0.3 is 0 Å². The van der Waals surface area contributed by atoms with Crippen LogP contribution in [0.2, 0.25) is 0 Å². The molecule has 0 amide bonds. The molecule has 0 saturated carbocycles. The van der Waals surface area contributed by atoms with Crippen LogP contribution in [0.4, 0.5) is 17.6 Å². The SMILES string of the molecule is COc1cc(C=C2C(C)=C(CCC(=O)Cc3ccccc3)c3cc(F)ccc32)cc(OC)c1O.COc1cc(C=C2C(C)=C(CCC(=O)Cc3ccccn3)c3cc(F)ccc32)cc(OC)c1O.COc1cc(C=C2C(C)=C(CCC(=O)Cc3ccncc3)c3cc(F)ccc32)cc(OC)c1O.COc1cc(C=C2C(C)=C(CCC(=O)c3cccnc3)c3cc(F)ccc32)cc(OC)c1O. The molecule has 4 N–H and O–H groups in total. The zero-order chi connectivity index (χ0) is 96.3. The molecule has 135 heavy (non-hydrogen) atoms. The molecule has 0 fully saturated rings. The lowest BCUT2D eigenvalue weighted by Crippen LogP contribution is -2.04. The number of carbonyl (C=O) groups excluding carboxylic acids is 4. The quantitative estimate of drug-likeness (QED) is 0.0232. The summed E-state index contributed by atoms with van der Waals surface area (Å²) in [6.45, 7) is 7.94. The number of ether oxygens (including phenoxy) is 8. The third kappa shape index (κ3) is 22.9. The van der Waals surface area contributed by atoms with Crippen molar-refractivity contribution in [2.45, 2.75) is 98.3 Å². The zero-order valence-electron chi connectivity index (χ0n) is 77.0. The number of hydrogen-bond donors (Lipinski definition) is 4. The minimum Gasteiger partial charge on any atom is -0.502 e. The first-order chi connectivity index (χ1) is 65.1. The smallest absolute Gasteiger partial charge is 0.200 e. The van der Waals surface area contributed by atoms with E-state index >= 15 is 0 Å². The van der Waals surface area contributed by atoms with Crippen LogP contribution in [0.15, 0.2) is 247 Å². The van der Waals surface area contributed by atoms with Crippen molar-refractivity contribution in [3.63, 3.8) is 0 Å². The number of pyridine rings is 3. The van der Waals surface area contributed by atoms with E-state index in [1.807, 2.05) is 113 Å². The Morgan fingerprint density at radius 2 is 0.600 bits per heavy atom. The predicted octanol–water partition coefficient (Wildman–Crippen LogP) is 24.1. The number of phenols is 4. The number of halogens is 4. The Morgan fingerprint density at radius 1 is 0.304 bits per heavy atom. The molecule has 0 atom stereocenters. The van der Waals surface area contributed by atoms with Crippen LogP contribution < -0.4 is 37.9 Å². The van der Waals surface area contributed by atoms with Crippen molar-refractivity contribution in [1.82, 2.24) is 15.0 Å². The standard InChI is InChI=1S/C29H27FO4.2C28H26FNO4.C27H24FNO4/c1-18-23(12-10-22(31)13-19-7-5-4-6-8-19)26-17-21(30)9-11-24(26)25(18)14-20-15-27(33-2)29(32)28(16-20)34-3;1-17-22(7-5-21(31)12-18-8-10-30-11-9-18)25-16-20(29)4-6-23(25)24(17)13-19-14-26(33-2)28(32)27(15-19)34-3;1-17-22(10-8-21(31)16-20-6-4-5-11-30-20)25-15-19(29)7-9-23(25)24(17)12-18-13-26(33-2)28(32)27(14-18)34-3;1-16-20(8-9-24(30)18-5-4-10-29-15-18)23-14-19(28)6-7-21(23)22(16)11-17-12-25(32-2)27(31)26(13-17)33-3/h4-9,11,14-17,32H,10,12-13H2,1-3H3;4,6,8-11,13-16,32H,5,7,12H2,1-3H3;4-7,9,11-15,32H,8,10,16H2,1-3H3;4-7,10-15,31H,8-9H2,1-3H3. The van der Waals surface area contributed by atoms with Crippen LogP contribution in [0.5, 0.6) is 69.0 Å². The molecule has 3 heterocycles. The van der Waals surface area contributed by atoms with Crippen molar-refractivity contribution in [2.24, 2.45) is 0 Å². The van der Waals surface area contributed by atoms with Crippen molar-refractivity contribution in [2.75, 3.05) is 56.9 Å². The number of nitrogens with zero attached hydrogens (tertiary/aromatic N) is 3. The molecule has 12 aromatic rings. The van der Waals surface area contributed by atoms with Gasteiger partial charge in [-0.25, -0.2) is 17.6 Å². The molecule has 4 aliphatic rings. The molecule has 9 aromatic carbocycles. The molecule has 0 saturated heterocycles. The van der Waals surface area contributed by atoms with E-state index in [1.54, 1.807) is 116 Å². The van der Waals surface area contributed by atoms with Gasteiger partial charge in [0.05, 0.1) is 56.9 Å². The highest BCUT2D eigenvalue weighted by molar-refractivity contribution is 6.10. The second-order valence-corrected chi connectivity index (χ2v) is 32.5. The van der Waals surface area contributed by atoms with Crippen LogP contribution in [0.3, 0.4) is 0 Å². The van der Waals surface area contributed by atoms with E-state index in [1.165, 1.54) is 105 Å². The number of benzene rings is 9. The number of methoxy groups -OCH3 is 8. The summed E-state index contributed by atoms with van der Waals surface area (Å²) >= 11 is 0. The number of fused-ring (bicyclic) bond motifs is 4. The Bertz CT molecular complexity index is 6190. The van der Waals surface area contributed by atoms with Crippen molar-refractivity contribution in [3.05, 3.63) is 360 Å². The van der Waals surface area contributed by atoms with Crippen molar-refractivity contribution < 1.29 is 95.1 Å². The van der Waals surface area contributed by atoms with Gasteiger partial charge in [-0.3, -0.25) is 34.1 Å². The molecule has 0 radical (unpaired) electrons. The maximum absolute atomic E-state index is 14.2. The second-order valence-electron chi connectivity index (χ2n) is 32.5. The van der Waals surface area contributed by atoms with Gasteiger partial charge in [-0.05, 0) is 356 Å². The molecule has 3 aromatic heterocycles. The molecule has 0 aliphatic heterocycles. The van der Waals surface area contributed by atoms with E-state index in [0.29, 0.717) is 116 Å². The third-order valence-electron chi connectivity index (χ3n) is 24.1. The number of carbonyl (C=O) groups is 4. The Kier molecular flexibility index (Phi) is 31.9. The van der Waals surface area contributed by atoms with Crippen LogP contribution >= 0.6 is 0 Å². The topological polar surface area (TPSA) is 262 Å². The van der Waals surface area contributed by atoms with Gasteiger partial charge in [0.25, 0.3) is 0 Å². The minimum atomic E-state index is -0.327. The van der Waals surface area contributed by atoms with Gasteiger partial charge in [0, 0.05) is 87.2 Å². The summed E-state index contributed by atoms with van der Waals surface area (Å²) in [5.41, 5.74) is 24.6. The van der Waals surface area contributed by atoms with Crippen molar-refractivity contribution in [1.29, 1.82) is 0 Å². The molecule has 19 nitrogen and oxygen atoms in total. The fourth-order valence-corrected chi connectivity index (χ4v) is 17.2. The Morgan fingerprint density at radius 3 is 0.889 bits per heavy atom. The number of aromatic nitrogens is 3. The summed E-state index contributed by atoms with van der Waals surface area (Å²) in [4.78, 5) is 62.7. The molecule has 16 rings (SSSR count). The number of rotatable bonds is 31. The summed E-state index contributed by atoms with van der Waals surface area (Å²) in [5.74, 6) is 1.18. The van der Waals surface area contributed by atoms with Gasteiger partial charge in [-0.1, -0.05) is 60.7 Å². The number of aromatic hydroxyl groups is 4. The van der Waals surface area contributed by atoms with E-state index in [0.717, 1.165) is 150 Å². The van der Waals surface area contributed by atoms with Gasteiger partial charge in [0.15, 0.2) is 51.8 Å². The number of allylic oxidation sites excluding steroid dienone is 12. The van der Waals surface area contributed by atoms with E-state index in [2.05, 4.69) is 15.0 Å². The van der Waals surface area contributed by atoms with E-state index < -0.39 is 0 Å². The molecule has 4 aliphatic carbocycles. The summed E-state index contributed by atoms with van der Waals surface area (Å²) < 4.78 is 98.9. The first-order valence-electron chi connectivity index (χ1n) is 43.6. The third-order valence-corrected chi connectivity index (χ3v) is 24.1. The van der Waals surface area contributed by atoms with Gasteiger partial charge in [-0.2, -0.15) is 0 Å². The summed E-state index contributed by atoms with van der Waals surface area (Å²) in [6, 6.07) is 55.0. The van der Waals surface area contributed by atoms with Crippen molar-refractivity contribution in [3.8, 4) is 69.0 Å². The number of ketones is 4. The number of hydrogen-bond acceptors (Lipinski definition) is 19. The van der Waals surface area contributed by atoms with Gasteiger partial charge in [-0.15, -0.1) is 0 Å². The highest BCUT2D eigenvalue weighted by atomic mass is 19.1. The van der Waals surface area contributed by atoms with Crippen LogP contribution in [-0.4, -0.2) is 115 Å². The Balaban J connectivity index is 0.000000152. The van der Waals surface area contributed by atoms with Crippen LogP contribution in [0.1, 0.15) is 173 Å². The van der Waals surface area contributed by atoms with E-state index in [4.69, 9.17) is 37.9 Å². The van der Waals surface area contributed by atoms with Crippen LogP contribution in [0.25, 0.3) is 68.9 Å². The molecular weight excluding hydrogens is 1720 g/mol. The molecule has 0 bridgehead atoms. The van der Waals surface area contributed by atoms with Gasteiger partial charge in [0.2, 0.25) is 23.0 Å². The van der Waals surface area contributed by atoms with E-state index in [9.17, 15) is 57.2 Å². The molecule has 690 valence electrons. The monoisotopic (exact) mass is 1820 g/mol. The lowest BCUT2D eigenvalue weighted by atomic mass is 9.97. The highest BCUT2D eigenvalue weighted by Crippen LogP contribution is 2.52. The van der Waals surface area contributed by atoms with Gasteiger partial charge in [0.1, 0.15) is 40.6 Å². The second kappa shape index (κ2) is 44.5. The molecule has 23 heteroatoms. The average Bonchev–Trinajstić information content (AvgIpc) is 1.63. The Hall–Kier alpha value is -15.7. The normalized spacial score (nSPS) is 13.8. The fraction of sp³-hybridized carbons (Fsp3) is 0.205. The lowest BCUT2D eigenvalue weighted by molar-refractivity contribution is -0.119. The highest BCUT2D eigenvalue weighted by Gasteiger charge is 2.31. The molecule has 0 spiro atoms. The molecular formula is C112H103F4N3O16. The van der Waals surface area contributed by atoms with Gasteiger partial charge < -0.3 is 58.3 Å². The van der Waals surface area contributed by atoms with Crippen LogP contribution in [-0.2, 0) is 33.6 Å². The summed E-state index contributed by atoms with van der Waals surface area (Å²) in [5, 5.41) is 40.9. The summed E-state index contributed by atoms with van der Waals surface area (Å²) in [7, 11) is 11.8. The average molecular weight is 1820 g/mol. The summed E-state index contributed by atoms with van der Waals surface area (Å²) in [6.07, 6.45) is 20.5. The maximum Gasteiger partial charge on any atom is 0.200 e. The zero-order valence-corrected chi connectivity index (χ0v) is 77.0. The first-order valence-corrected chi connectivity index (χ1v) is 43.6. The van der Waals surface area contributed by atoms with Crippen LogP contribution in [0, 0.1) is 23.3 Å². The minimum absolute atomic E-state index is 0.00760. The lowest BCUT2D eigenvalue weighted by Gasteiger charge is -2.11. The first kappa shape index (κ1) is 96.9. The van der Waals surface area contributed by atoms with Crippen molar-refractivity contribution >= 4 is 92.0 Å². The maximum atomic E-state index is 14.2. The number of Topliss-reactive ketones (excluding diaryl/α,β-unsaturated/α-hetero) is 4. The fourth-order valence-electron chi connectivity index (χ4n) is 17.2. The Labute approximate surface area is 781 Å². The van der Waals surface area contributed by atoms with E-state index in [-0.39, 0.29) is 75.8 Å².